The van der Waals surface area contributed by atoms with Crippen molar-refractivity contribution in [3.63, 3.8) is 0 Å². The number of ether oxygens (including phenoxy) is 2. The lowest BCUT2D eigenvalue weighted by Crippen LogP contribution is -2.35. The topological polar surface area (TPSA) is 21.7 Å². The van der Waals surface area contributed by atoms with Gasteiger partial charge >= 0.3 is 0 Å². The zero-order valence-electron chi connectivity index (χ0n) is 9.38. The van der Waals surface area contributed by atoms with Gasteiger partial charge in [0.25, 0.3) is 0 Å². The molecule has 0 aliphatic rings. The standard InChI is InChI=1S/C10H23NO2/c1-10(2)11(7-9-13-4)6-5-8-12-3/h10H,5-9H2,1-4H3. The Bertz CT molecular complexity index is 107. The summed E-state index contributed by atoms with van der Waals surface area (Å²) >= 11 is 0. The van der Waals surface area contributed by atoms with Crippen LogP contribution in [0.15, 0.2) is 0 Å². The SMILES string of the molecule is COCCCN(CCOC)C(C)C. The Morgan fingerprint density at radius 2 is 1.62 bits per heavy atom. The van der Waals surface area contributed by atoms with Gasteiger partial charge in [0, 0.05) is 40.0 Å². The number of rotatable bonds is 8. The summed E-state index contributed by atoms with van der Waals surface area (Å²) in [5, 5.41) is 0. The summed E-state index contributed by atoms with van der Waals surface area (Å²) in [6.45, 7) is 8.18. The molecular formula is C10H23NO2. The van der Waals surface area contributed by atoms with E-state index in [1.807, 2.05) is 0 Å². The molecule has 0 aromatic carbocycles. The maximum absolute atomic E-state index is 5.06. The second-order valence-corrected chi connectivity index (χ2v) is 3.47. The Hall–Kier alpha value is -0.120. The predicted molar refractivity (Wildman–Crippen MR) is 55.1 cm³/mol. The minimum Gasteiger partial charge on any atom is -0.385 e. The first-order chi connectivity index (χ1) is 6.22. The van der Waals surface area contributed by atoms with Crippen molar-refractivity contribution in [3.8, 4) is 0 Å². The van der Waals surface area contributed by atoms with Crippen molar-refractivity contribution in [2.24, 2.45) is 0 Å². The van der Waals surface area contributed by atoms with Gasteiger partial charge in [-0.15, -0.1) is 0 Å². The molecule has 0 amide bonds. The van der Waals surface area contributed by atoms with Crippen LogP contribution in [0, 0.1) is 0 Å². The zero-order valence-corrected chi connectivity index (χ0v) is 9.38. The molecule has 0 aromatic rings. The first-order valence-corrected chi connectivity index (χ1v) is 4.94. The van der Waals surface area contributed by atoms with Crippen LogP contribution in [0.1, 0.15) is 20.3 Å². The van der Waals surface area contributed by atoms with Gasteiger partial charge in [0.15, 0.2) is 0 Å². The molecule has 0 rings (SSSR count). The van der Waals surface area contributed by atoms with Crippen LogP contribution in [-0.4, -0.2) is 51.5 Å². The van der Waals surface area contributed by atoms with Crippen molar-refractivity contribution in [2.75, 3.05) is 40.5 Å². The van der Waals surface area contributed by atoms with Gasteiger partial charge in [-0.2, -0.15) is 0 Å². The minimum atomic E-state index is 0.590. The van der Waals surface area contributed by atoms with Gasteiger partial charge in [-0.05, 0) is 20.3 Å². The van der Waals surface area contributed by atoms with Crippen LogP contribution in [0.3, 0.4) is 0 Å². The van der Waals surface area contributed by atoms with E-state index in [4.69, 9.17) is 9.47 Å². The highest BCUT2D eigenvalue weighted by atomic mass is 16.5. The van der Waals surface area contributed by atoms with Crippen LogP contribution in [0.4, 0.5) is 0 Å². The van der Waals surface area contributed by atoms with E-state index in [0.717, 1.165) is 32.7 Å². The number of hydrogen-bond donors (Lipinski definition) is 0. The van der Waals surface area contributed by atoms with Crippen LogP contribution < -0.4 is 0 Å². The highest BCUT2D eigenvalue weighted by Crippen LogP contribution is 1.99. The van der Waals surface area contributed by atoms with E-state index in [2.05, 4.69) is 18.7 Å². The van der Waals surface area contributed by atoms with Crippen LogP contribution in [-0.2, 0) is 9.47 Å². The Morgan fingerprint density at radius 1 is 1.00 bits per heavy atom. The fraction of sp³-hybridized carbons (Fsp3) is 1.00. The van der Waals surface area contributed by atoms with Crippen LogP contribution in [0.5, 0.6) is 0 Å². The van der Waals surface area contributed by atoms with Crippen molar-refractivity contribution < 1.29 is 9.47 Å². The summed E-state index contributed by atoms with van der Waals surface area (Å²) in [5.41, 5.74) is 0. The van der Waals surface area contributed by atoms with E-state index in [1.54, 1.807) is 14.2 Å². The largest absolute Gasteiger partial charge is 0.385 e. The molecule has 0 heterocycles. The normalized spacial score (nSPS) is 11.5. The lowest BCUT2D eigenvalue weighted by molar-refractivity contribution is 0.116. The fourth-order valence-corrected chi connectivity index (χ4v) is 1.25. The van der Waals surface area contributed by atoms with E-state index in [-0.39, 0.29) is 0 Å². The van der Waals surface area contributed by atoms with Crippen molar-refractivity contribution in [1.29, 1.82) is 0 Å². The smallest absolute Gasteiger partial charge is 0.0589 e. The lowest BCUT2D eigenvalue weighted by atomic mass is 10.3. The van der Waals surface area contributed by atoms with Crippen LogP contribution in [0.2, 0.25) is 0 Å². The van der Waals surface area contributed by atoms with Crippen molar-refractivity contribution in [2.45, 2.75) is 26.3 Å². The quantitative estimate of drug-likeness (QED) is 0.538. The van der Waals surface area contributed by atoms with Crippen molar-refractivity contribution in [3.05, 3.63) is 0 Å². The summed E-state index contributed by atoms with van der Waals surface area (Å²) in [7, 11) is 3.49. The average Bonchev–Trinajstić information content (AvgIpc) is 2.10. The predicted octanol–water partition coefficient (Wildman–Crippen LogP) is 1.38. The molecule has 0 bridgehead atoms. The monoisotopic (exact) mass is 189 g/mol. The molecule has 3 nitrogen and oxygen atoms in total. The third-order valence-corrected chi connectivity index (χ3v) is 2.11. The molecule has 0 spiro atoms. The summed E-state index contributed by atoms with van der Waals surface area (Å²) in [5.74, 6) is 0. The first kappa shape index (κ1) is 12.9. The molecule has 0 unspecified atom stereocenters. The highest BCUT2D eigenvalue weighted by Gasteiger charge is 2.07. The van der Waals surface area contributed by atoms with Crippen molar-refractivity contribution in [1.82, 2.24) is 4.90 Å². The third kappa shape index (κ3) is 6.99. The van der Waals surface area contributed by atoms with Gasteiger partial charge in [0.1, 0.15) is 0 Å². The van der Waals surface area contributed by atoms with E-state index in [9.17, 15) is 0 Å². The van der Waals surface area contributed by atoms with Gasteiger partial charge in [-0.25, -0.2) is 0 Å². The van der Waals surface area contributed by atoms with Crippen LogP contribution >= 0.6 is 0 Å². The maximum atomic E-state index is 5.06. The maximum Gasteiger partial charge on any atom is 0.0589 e. The summed E-state index contributed by atoms with van der Waals surface area (Å²) in [6, 6.07) is 0.590. The average molecular weight is 189 g/mol. The van der Waals surface area contributed by atoms with Gasteiger partial charge in [0.2, 0.25) is 0 Å². The molecular weight excluding hydrogens is 166 g/mol. The molecule has 0 radical (unpaired) electrons. The third-order valence-electron chi connectivity index (χ3n) is 2.11. The molecule has 80 valence electrons. The molecule has 0 atom stereocenters. The molecule has 0 fully saturated rings. The number of hydrogen-bond acceptors (Lipinski definition) is 3. The molecule has 0 N–H and O–H groups in total. The van der Waals surface area contributed by atoms with E-state index in [1.165, 1.54) is 0 Å². The van der Waals surface area contributed by atoms with Gasteiger partial charge in [-0.1, -0.05) is 0 Å². The van der Waals surface area contributed by atoms with Gasteiger partial charge in [-0.3, -0.25) is 4.90 Å². The fourth-order valence-electron chi connectivity index (χ4n) is 1.25. The molecule has 0 aliphatic carbocycles. The molecule has 3 heteroatoms. The Balaban J connectivity index is 3.54. The van der Waals surface area contributed by atoms with Crippen LogP contribution in [0.25, 0.3) is 0 Å². The van der Waals surface area contributed by atoms with Gasteiger partial charge < -0.3 is 9.47 Å². The molecule has 13 heavy (non-hydrogen) atoms. The molecule has 0 saturated heterocycles. The summed E-state index contributed by atoms with van der Waals surface area (Å²) in [6.07, 6.45) is 1.10. The van der Waals surface area contributed by atoms with Gasteiger partial charge in [0.05, 0.1) is 6.61 Å². The molecule has 0 saturated carbocycles. The van der Waals surface area contributed by atoms with E-state index in [0.29, 0.717) is 6.04 Å². The van der Waals surface area contributed by atoms with Crippen molar-refractivity contribution >= 4 is 0 Å². The number of nitrogens with zero attached hydrogens (tertiary/aromatic N) is 1. The van der Waals surface area contributed by atoms with E-state index < -0.39 is 0 Å². The summed E-state index contributed by atoms with van der Waals surface area (Å²) in [4.78, 5) is 2.41. The Kier molecular flexibility index (Phi) is 8.40. The first-order valence-electron chi connectivity index (χ1n) is 4.94. The lowest BCUT2D eigenvalue weighted by Gasteiger charge is -2.25. The molecule has 0 aliphatic heterocycles. The minimum absolute atomic E-state index is 0.590. The number of methoxy groups -OCH3 is 2. The Labute approximate surface area is 82.0 Å². The molecule has 0 aromatic heterocycles. The Morgan fingerprint density at radius 3 is 2.08 bits per heavy atom. The summed E-state index contributed by atoms with van der Waals surface area (Å²) < 4.78 is 10.1. The second-order valence-electron chi connectivity index (χ2n) is 3.47. The highest BCUT2D eigenvalue weighted by molar-refractivity contribution is 4.62. The zero-order chi connectivity index (χ0) is 10.1. The second kappa shape index (κ2) is 8.48. The van der Waals surface area contributed by atoms with E-state index >= 15 is 0 Å².